The number of anilines is 1. The van der Waals surface area contributed by atoms with Gasteiger partial charge in [-0.05, 0) is 65.5 Å². The first-order chi connectivity index (χ1) is 38.2. The molecule has 4 aliphatic heterocycles. The number of nitrogens with one attached hydrogen (secondary N) is 5. The molecule has 2 aromatic heterocycles. The number of fused-ring (bicyclic) bond motifs is 2. The lowest BCUT2D eigenvalue weighted by atomic mass is 9.85. The van der Waals surface area contributed by atoms with Crippen molar-refractivity contribution in [3.8, 4) is 23.1 Å². The van der Waals surface area contributed by atoms with Crippen LogP contribution in [0.4, 0.5) is 33.1 Å². The number of amides is 5. The Morgan fingerprint density at radius 2 is 1.43 bits per heavy atom. The van der Waals surface area contributed by atoms with Crippen molar-refractivity contribution >= 4 is 35.9 Å². The van der Waals surface area contributed by atoms with Gasteiger partial charge in [0.25, 0.3) is 12.3 Å². The fourth-order valence-electron chi connectivity index (χ4n) is 10.0. The van der Waals surface area contributed by atoms with Gasteiger partial charge in [0.1, 0.15) is 36.3 Å². The van der Waals surface area contributed by atoms with Gasteiger partial charge in [0, 0.05) is 73.5 Å². The summed E-state index contributed by atoms with van der Waals surface area (Å²) in [5.74, 6) is 1.69. The summed E-state index contributed by atoms with van der Waals surface area (Å²) >= 11 is 0. The van der Waals surface area contributed by atoms with E-state index >= 15 is 8.78 Å². The highest BCUT2D eigenvalue weighted by Gasteiger charge is 2.50. The molecule has 2 bridgehead atoms. The lowest BCUT2D eigenvalue weighted by Crippen LogP contribution is -2.74. The number of alkyl carbamates (subject to hydrolysis) is 1. The number of hydrogen-bond acceptors (Lipinski definition) is 14. The molecule has 4 aromatic rings. The van der Waals surface area contributed by atoms with E-state index in [1.807, 2.05) is 0 Å². The van der Waals surface area contributed by atoms with Gasteiger partial charge in [-0.1, -0.05) is 79.4 Å². The number of halogens is 4. The van der Waals surface area contributed by atoms with Crippen LogP contribution in [0.15, 0.2) is 61.1 Å². The maximum Gasteiger partial charge on any atom is 0.407 e. The molecule has 0 saturated carbocycles. The minimum absolute atomic E-state index is 0.00720. The number of aromatic nitrogens is 4. The summed E-state index contributed by atoms with van der Waals surface area (Å²) in [5, 5.41) is 37.3. The summed E-state index contributed by atoms with van der Waals surface area (Å²) < 4.78 is 69.6. The SMILES string of the molecule is COC(=O)N[C@H](C(=O)N[C@H](C(=O)N[C@@H](Cc1ccc(C#Cc2cnc(N3CC4CC(C3)N4C3COC3)nc2)cc1)[C@@H](O)CN(Cc1c(F)cc(-c2ccn(CC(F)F)n2)cc1F)NC(=O)[C@@H](NC(=O)O)C(C)(C)C)C(C)(C)C)C(C)C. The van der Waals surface area contributed by atoms with Crippen molar-refractivity contribution in [1.29, 1.82) is 0 Å². The van der Waals surface area contributed by atoms with Crippen molar-refractivity contribution in [2.45, 2.75) is 136 Å². The second kappa shape index (κ2) is 26.0. The third-order valence-electron chi connectivity index (χ3n) is 14.4. The molecule has 6 heterocycles. The Hall–Kier alpha value is -7.40. The fraction of sp³-hybridized carbons (Fsp3) is 0.536. The molecule has 438 valence electrons. The lowest BCUT2D eigenvalue weighted by molar-refractivity contribution is -0.142. The van der Waals surface area contributed by atoms with E-state index in [-0.39, 0.29) is 17.7 Å². The Morgan fingerprint density at radius 1 is 0.827 bits per heavy atom. The summed E-state index contributed by atoms with van der Waals surface area (Å²) in [6, 6.07) is 6.31. The third-order valence-corrected chi connectivity index (χ3v) is 14.4. The number of carbonyl (C=O) groups excluding carboxylic acids is 4. The number of carboxylic acid groups (broad SMARTS) is 1. The molecule has 0 radical (unpaired) electrons. The highest BCUT2D eigenvalue weighted by atomic mass is 19.3. The van der Waals surface area contributed by atoms with Gasteiger partial charge in [-0.25, -0.2) is 42.1 Å². The summed E-state index contributed by atoms with van der Waals surface area (Å²) in [6.07, 6.45) is -1.23. The predicted molar refractivity (Wildman–Crippen MR) is 289 cm³/mol. The van der Waals surface area contributed by atoms with Crippen molar-refractivity contribution in [1.82, 2.24) is 56.4 Å². The molecule has 0 spiro atoms. The van der Waals surface area contributed by atoms with E-state index in [1.165, 1.54) is 12.3 Å². The lowest BCUT2D eigenvalue weighted by Gasteiger charge is -2.60. The highest BCUT2D eigenvalue weighted by Crippen LogP contribution is 2.37. The number of rotatable bonds is 21. The van der Waals surface area contributed by atoms with E-state index in [1.54, 1.807) is 92.0 Å². The Labute approximate surface area is 467 Å². The number of benzene rings is 2. The van der Waals surface area contributed by atoms with Gasteiger partial charge in [-0.2, -0.15) is 5.10 Å². The molecule has 5 amide bonds. The molecule has 0 aliphatic carbocycles. The van der Waals surface area contributed by atoms with Gasteiger partial charge in [-0.15, -0.1) is 0 Å². The number of alkyl halides is 2. The molecule has 7 atom stereocenters. The van der Waals surface area contributed by atoms with Crippen molar-refractivity contribution < 1.29 is 61.2 Å². The second-order valence-corrected chi connectivity index (χ2v) is 23.2. The zero-order valence-electron chi connectivity index (χ0n) is 46.8. The van der Waals surface area contributed by atoms with E-state index in [0.717, 1.165) is 61.7 Å². The molecule has 81 heavy (non-hydrogen) atoms. The van der Waals surface area contributed by atoms with Gasteiger partial charge >= 0.3 is 12.2 Å². The first-order valence-electron chi connectivity index (χ1n) is 26.7. The predicted octanol–water partition coefficient (Wildman–Crippen LogP) is 4.46. The summed E-state index contributed by atoms with van der Waals surface area (Å²) in [6.45, 7) is 14.2. The molecular weight excluding hydrogens is 1060 g/mol. The number of aliphatic hydroxyl groups is 1. The molecule has 2 aromatic carbocycles. The highest BCUT2D eigenvalue weighted by molar-refractivity contribution is 5.92. The van der Waals surface area contributed by atoms with E-state index in [2.05, 4.69) is 63.4 Å². The average Bonchev–Trinajstić information content (AvgIpc) is 4.04. The van der Waals surface area contributed by atoms with Crippen molar-refractivity contribution in [2.75, 3.05) is 44.9 Å². The van der Waals surface area contributed by atoms with Crippen LogP contribution in [0.5, 0.6) is 0 Å². The van der Waals surface area contributed by atoms with Gasteiger partial charge in [0.05, 0.1) is 49.8 Å². The third kappa shape index (κ3) is 16.0. The van der Waals surface area contributed by atoms with Gasteiger partial charge in [0.2, 0.25) is 17.8 Å². The van der Waals surface area contributed by atoms with Crippen LogP contribution in [0.3, 0.4) is 0 Å². The summed E-state index contributed by atoms with van der Waals surface area (Å²) in [4.78, 5) is 80.6. The molecule has 4 fully saturated rings. The minimum atomic E-state index is -2.74. The zero-order valence-corrected chi connectivity index (χ0v) is 46.8. The van der Waals surface area contributed by atoms with E-state index in [4.69, 9.17) is 9.47 Å². The number of piperazine rings is 1. The summed E-state index contributed by atoms with van der Waals surface area (Å²) in [7, 11) is 1.14. The molecule has 4 saturated heterocycles. The van der Waals surface area contributed by atoms with Gasteiger partial charge in [-0.3, -0.25) is 29.4 Å². The molecule has 7 N–H and O–H groups in total. The van der Waals surface area contributed by atoms with Crippen LogP contribution in [0.1, 0.15) is 84.1 Å². The monoisotopic (exact) mass is 1130 g/mol. The quantitative estimate of drug-likeness (QED) is 0.0346. The van der Waals surface area contributed by atoms with Crippen LogP contribution in [0, 0.1) is 40.2 Å². The van der Waals surface area contributed by atoms with Gasteiger partial charge in [0.15, 0.2) is 0 Å². The topological polar surface area (TPSA) is 258 Å². The van der Waals surface area contributed by atoms with Crippen LogP contribution >= 0.6 is 0 Å². The Balaban J connectivity index is 1.16. The summed E-state index contributed by atoms with van der Waals surface area (Å²) in [5.41, 5.74) is 1.53. The van der Waals surface area contributed by atoms with E-state index in [0.29, 0.717) is 40.8 Å². The van der Waals surface area contributed by atoms with Crippen LogP contribution in [0.2, 0.25) is 0 Å². The van der Waals surface area contributed by atoms with Crippen molar-refractivity contribution in [3.05, 3.63) is 94.9 Å². The number of hydrogen-bond donors (Lipinski definition) is 7. The maximum absolute atomic E-state index is 16.2. The molecule has 4 aliphatic rings. The molecule has 25 heteroatoms. The Bertz CT molecular complexity index is 2900. The van der Waals surface area contributed by atoms with E-state index < -0.39 is 120 Å². The number of hydrazine groups is 1. The van der Waals surface area contributed by atoms with E-state index in [9.17, 15) is 43.0 Å². The standard InChI is InChI=1S/C56H72F4N12O9/c1-31(2)46(64-54(79)80-9)49(74)65-47(55(3,4)5)50(75)63-43(18-33-13-10-32(11-14-33)12-15-34-22-61-52(62-23-34)69-24-36-21-37(25-69)72(36)38-29-81-30-38)44(73)27-71(68-51(76)48(56(6,7)8)66-53(77)78)26-39-40(57)19-35(20-41(39)58)42-16-17-70(67-42)28-45(59)60/h10-11,13-14,16-17,19-20,22-23,31,36-38,43-48,66,73H,18,21,24-30H2,1-9H3,(H,63,75)(H,64,79)(H,65,74)(H,68,76)(H,77,78)/t36?,37?,43-,44-,46-,47+,48+/m0/s1. The molecule has 21 nitrogen and oxygen atoms in total. The smallest absolute Gasteiger partial charge is 0.407 e. The van der Waals surface area contributed by atoms with Crippen molar-refractivity contribution in [2.24, 2.45) is 16.7 Å². The van der Waals surface area contributed by atoms with Crippen LogP contribution in [-0.2, 0) is 43.4 Å². The molecule has 8 rings (SSSR count). The van der Waals surface area contributed by atoms with Crippen molar-refractivity contribution in [3.63, 3.8) is 0 Å². The Kier molecular flexibility index (Phi) is 19.7. The van der Waals surface area contributed by atoms with Crippen LogP contribution in [-0.4, -0.2) is 165 Å². The number of piperidine rings is 1. The zero-order chi connectivity index (χ0) is 59.1. The van der Waals surface area contributed by atoms with Crippen LogP contribution < -0.4 is 31.6 Å². The normalized spacial score (nSPS) is 18.3. The second-order valence-electron chi connectivity index (χ2n) is 23.2. The maximum atomic E-state index is 16.2. The first kappa shape index (κ1) is 61.2. The molecular formula is C56H72F4N12O9. The number of nitrogens with zero attached hydrogens (tertiary/aromatic N) is 7. The molecule has 2 unspecified atom stereocenters. The average molecular weight is 1130 g/mol. The number of ether oxygens (including phenoxy) is 2. The number of carbonyl (C=O) groups is 5. The Morgan fingerprint density at radius 3 is 1.98 bits per heavy atom. The minimum Gasteiger partial charge on any atom is -0.465 e. The fourth-order valence-corrected chi connectivity index (χ4v) is 10.0. The van der Waals surface area contributed by atoms with Gasteiger partial charge < -0.3 is 45.9 Å². The number of aliphatic hydroxyl groups excluding tert-OH is 1. The van der Waals surface area contributed by atoms with Crippen LogP contribution in [0.25, 0.3) is 11.3 Å². The first-order valence-corrected chi connectivity index (χ1v) is 26.7. The number of methoxy groups -OCH3 is 1. The largest absolute Gasteiger partial charge is 0.465 e.